The lowest BCUT2D eigenvalue weighted by molar-refractivity contribution is -0.127. The van der Waals surface area contributed by atoms with Gasteiger partial charge in [-0.05, 0) is 44.9 Å². The minimum absolute atomic E-state index is 0.106. The van der Waals surface area contributed by atoms with Crippen molar-refractivity contribution >= 4 is 5.91 Å². The predicted octanol–water partition coefficient (Wildman–Crippen LogP) is 2.81. The molecule has 0 aliphatic carbocycles. The van der Waals surface area contributed by atoms with E-state index in [2.05, 4.69) is 12.2 Å². The van der Waals surface area contributed by atoms with Crippen molar-refractivity contribution in [2.45, 2.75) is 58.8 Å². The summed E-state index contributed by atoms with van der Waals surface area (Å²) < 4.78 is 5.60. The topological polar surface area (TPSA) is 58.6 Å². The van der Waals surface area contributed by atoms with Gasteiger partial charge in [-0.3, -0.25) is 4.79 Å². The van der Waals surface area contributed by atoms with Crippen LogP contribution in [0.5, 0.6) is 5.75 Å². The number of amides is 1. The monoisotopic (exact) mass is 279 g/mol. The lowest BCUT2D eigenvalue weighted by Crippen LogP contribution is -2.41. The molecule has 0 aromatic heterocycles. The van der Waals surface area contributed by atoms with Crippen molar-refractivity contribution in [3.63, 3.8) is 0 Å². The average molecular weight is 279 g/mol. The Hall–Kier alpha value is -1.55. The molecule has 1 aromatic rings. The van der Waals surface area contributed by atoms with Gasteiger partial charge in [-0.1, -0.05) is 25.5 Å². The second kappa shape index (κ2) is 7.90. The van der Waals surface area contributed by atoms with E-state index in [0.717, 1.165) is 18.4 Å². The van der Waals surface area contributed by atoms with Crippen LogP contribution < -0.4 is 10.1 Å². The lowest BCUT2D eigenvalue weighted by atomic mass is 10.1. The zero-order chi connectivity index (χ0) is 15.1. The SMILES string of the molecule is CCCC(C)NC(=O)C(C)Oc1ccc(C(C)O)cc1. The van der Waals surface area contributed by atoms with Gasteiger partial charge in [-0.2, -0.15) is 0 Å². The molecule has 20 heavy (non-hydrogen) atoms. The molecule has 0 saturated carbocycles. The summed E-state index contributed by atoms with van der Waals surface area (Å²) in [5.41, 5.74) is 0.825. The first kappa shape index (κ1) is 16.5. The molecule has 112 valence electrons. The average Bonchev–Trinajstić information content (AvgIpc) is 2.39. The number of benzene rings is 1. The third-order valence-corrected chi connectivity index (χ3v) is 3.15. The molecule has 4 nitrogen and oxygen atoms in total. The Morgan fingerprint density at radius 1 is 1.25 bits per heavy atom. The highest BCUT2D eigenvalue weighted by atomic mass is 16.5. The third-order valence-electron chi connectivity index (χ3n) is 3.15. The summed E-state index contributed by atoms with van der Waals surface area (Å²) in [4.78, 5) is 11.9. The quantitative estimate of drug-likeness (QED) is 0.807. The Morgan fingerprint density at radius 3 is 2.35 bits per heavy atom. The molecule has 4 heteroatoms. The lowest BCUT2D eigenvalue weighted by Gasteiger charge is -2.18. The molecule has 0 aliphatic heterocycles. The molecule has 0 heterocycles. The number of rotatable bonds is 7. The number of nitrogens with one attached hydrogen (secondary N) is 1. The normalized spacial score (nSPS) is 15.2. The number of aliphatic hydroxyl groups is 1. The van der Waals surface area contributed by atoms with E-state index >= 15 is 0 Å². The van der Waals surface area contributed by atoms with Gasteiger partial charge in [0.05, 0.1) is 6.10 Å². The highest BCUT2D eigenvalue weighted by Crippen LogP contribution is 2.18. The van der Waals surface area contributed by atoms with Gasteiger partial charge in [-0.25, -0.2) is 0 Å². The van der Waals surface area contributed by atoms with Crippen LogP contribution in [0.15, 0.2) is 24.3 Å². The van der Waals surface area contributed by atoms with Gasteiger partial charge in [0.2, 0.25) is 0 Å². The van der Waals surface area contributed by atoms with Crippen LogP contribution in [-0.4, -0.2) is 23.2 Å². The highest BCUT2D eigenvalue weighted by Gasteiger charge is 2.16. The molecule has 0 fully saturated rings. The van der Waals surface area contributed by atoms with Crippen molar-refractivity contribution in [1.29, 1.82) is 0 Å². The van der Waals surface area contributed by atoms with Crippen molar-refractivity contribution in [2.24, 2.45) is 0 Å². The van der Waals surface area contributed by atoms with Gasteiger partial charge in [0.25, 0.3) is 5.91 Å². The summed E-state index contributed by atoms with van der Waals surface area (Å²) in [6, 6.07) is 7.29. The molecule has 0 spiro atoms. The largest absolute Gasteiger partial charge is 0.481 e. The Labute approximate surface area is 121 Å². The summed E-state index contributed by atoms with van der Waals surface area (Å²) in [5, 5.41) is 12.4. The van der Waals surface area contributed by atoms with Gasteiger partial charge >= 0.3 is 0 Å². The summed E-state index contributed by atoms with van der Waals surface area (Å²) in [6.07, 6.45) is 0.963. The maximum absolute atomic E-state index is 11.9. The summed E-state index contributed by atoms with van der Waals surface area (Å²) >= 11 is 0. The molecule has 2 N–H and O–H groups in total. The molecule has 3 atom stereocenters. The fourth-order valence-electron chi connectivity index (χ4n) is 1.95. The number of hydrogen-bond donors (Lipinski definition) is 2. The molecule has 1 rings (SSSR count). The number of ether oxygens (including phenoxy) is 1. The second-order valence-electron chi connectivity index (χ2n) is 5.20. The molecule has 1 amide bonds. The minimum Gasteiger partial charge on any atom is -0.481 e. The van der Waals surface area contributed by atoms with Crippen LogP contribution in [0.4, 0.5) is 0 Å². The van der Waals surface area contributed by atoms with Crippen LogP contribution in [0.25, 0.3) is 0 Å². The number of carbonyl (C=O) groups is 1. The fourth-order valence-corrected chi connectivity index (χ4v) is 1.95. The third kappa shape index (κ3) is 5.21. The van der Waals surface area contributed by atoms with Crippen LogP contribution in [0.3, 0.4) is 0 Å². The smallest absolute Gasteiger partial charge is 0.260 e. The van der Waals surface area contributed by atoms with Gasteiger partial charge in [-0.15, -0.1) is 0 Å². The molecule has 3 unspecified atom stereocenters. The molecule has 1 aromatic carbocycles. The zero-order valence-electron chi connectivity index (χ0n) is 12.7. The standard InChI is InChI=1S/C16H25NO3/c1-5-6-11(2)17-16(19)13(4)20-15-9-7-14(8-10-15)12(3)18/h7-13,18H,5-6H2,1-4H3,(H,17,19). The fraction of sp³-hybridized carbons (Fsp3) is 0.562. The Kier molecular flexibility index (Phi) is 6.52. The maximum atomic E-state index is 11.9. The van der Waals surface area contributed by atoms with E-state index in [1.165, 1.54) is 0 Å². The van der Waals surface area contributed by atoms with E-state index in [1.54, 1.807) is 38.1 Å². The highest BCUT2D eigenvalue weighted by molar-refractivity contribution is 5.80. The van der Waals surface area contributed by atoms with Gasteiger partial charge in [0.15, 0.2) is 6.10 Å². The molecular formula is C16H25NO3. The summed E-state index contributed by atoms with van der Waals surface area (Å²) in [7, 11) is 0. The molecule has 0 saturated heterocycles. The van der Waals surface area contributed by atoms with E-state index in [4.69, 9.17) is 4.74 Å². The molecule has 0 radical (unpaired) electrons. The first-order valence-corrected chi connectivity index (χ1v) is 7.19. The van der Waals surface area contributed by atoms with Crippen LogP contribution in [0.2, 0.25) is 0 Å². The van der Waals surface area contributed by atoms with Crippen molar-refractivity contribution in [3.05, 3.63) is 29.8 Å². The summed E-state index contributed by atoms with van der Waals surface area (Å²) in [6.45, 7) is 7.52. The predicted molar refractivity (Wildman–Crippen MR) is 79.7 cm³/mol. The first-order chi connectivity index (χ1) is 9.43. The first-order valence-electron chi connectivity index (χ1n) is 7.19. The van der Waals surface area contributed by atoms with Crippen molar-refractivity contribution in [2.75, 3.05) is 0 Å². The van der Waals surface area contributed by atoms with E-state index in [-0.39, 0.29) is 11.9 Å². The van der Waals surface area contributed by atoms with E-state index in [0.29, 0.717) is 5.75 Å². The Morgan fingerprint density at radius 2 is 1.85 bits per heavy atom. The number of carbonyl (C=O) groups excluding carboxylic acids is 1. The van der Waals surface area contributed by atoms with Crippen molar-refractivity contribution in [1.82, 2.24) is 5.32 Å². The van der Waals surface area contributed by atoms with Gasteiger partial charge in [0, 0.05) is 6.04 Å². The second-order valence-corrected chi connectivity index (χ2v) is 5.20. The van der Waals surface area contributed by atoms with Crippen LogP contribution >= 0.6 is 0 Å². The van der Waals surface area contributed by atoms with Crippen molar-refractivity contribution in [3.8, 4) is 5.75 Å². The minimum atomic E-state index is -0.535. The van der Waals surface area contributed by atoms with Crippen molar-refractivity contribution < 1.29 is 14.6 Å². The van der Waals surface area contributed by atoms with Gasteiger partial charge < -0.3 is 15.2 Å². The van der Waals surface area contributed by atoms with Crippen LogP contribution in [0, 0.1) is 0 Å². The zero-order valence-corrected chi connectivity index (χ0v) is 12.7. The molecule has 0 bridgehead atoms. The van der Waals surface area contributed by atoms with Crippen LogP contribution in [0.1, 0.15) is 52.2 Å². The number of hydrogen-bond acceptors (Lipinski definition) is 3. The Balaban J connectivity index is 2.52. The van der Waals surface area contributed by atoms with Crippen LogP contribution in [-0.2, 0) is 4.79 Å². The summed E-state index contributed by atoms with van der Waals surface area (Å²) in [5.74, 6) is 0.519. The maximum Gasteiger partial charge on any atom is 0.260 e. The molecule has 0 aliphatic rings. The molecular weight excluding hydrogens is 254 g/mol. The van der Waals surface area contributed by atoms with Gasteiger partial charge in [0.1, 0.15) is 5.75 Å². The van der Waals surface area contributed by atoms with E-state index in [9.17, 15) is 9.90 Å². The Bertz CT molecular complexity index is 414. The van der Waals surface area contributed by atoms with E-state index < -0.39 is 12.2 Å². The van der Waals surface area contributed by atoms with E-state index in [1.807, 2.05) is 6.92 Å². The number of aliphatic hydroxyl groups excluding tert-OH is 1.